The van der Waals surface area contributed by atoms with E-state index in [4.69, 9.17) is 0 Å². The van der Waals surface area contributed by atoms with Crippen LogP contribution in [0.3, 0.4) is 0 Å². The van der Waals surface area contributed by atoms with E-state index >= 15 is 0 Å². The Morgan fingerprint density at radius 2 is 2.00 bits per heavy atom. The molecular weight excluding hydrogens is 214 g/mol. The van der Waals surface area contributed by atoms with E-state index in [0.29, 0.717) is 5.84 Å². The van der Waals surface area contributed by atoms with Gasteiger partial charge in [-0.2, -0.15) is 13.1 Å². The molecule has 0 amide bonds. The van der Waals surface area contributed by atoms with Crippen LogP contribution in [0.2, 0.25) is 0 Å². The minimum atomic E-state index is -3.43. The monoisotopic (exact) mass is 233 g/mol. The number of aliphatic imine (C=N–C) groups is 1. The van der Waals surface area contributed by atoms with Crippen molar-refractivity contribution in [2.24, 2.45) is 4.99 Å². The van der Waals surface area contributed by atoms with Crippen LogP contribution >= 0.6 is 0 Å². The SMILES string of the molecule is CC(C)NS(=O)(=O)NC1=NCCCCC1. The standard InChI is InChI=1S/C9H19N3O2S/c1-8(2)11-15(13,14)12-9-6-4-3-5-7-10-9/h8,11H,3-7H2,1-2H3,(H,10,12). The predicted molar refractivity (Wildman–Crippen MR) is 61.1 cm³/mol. The summed E-state index contributed by atoms with van der Waals surface area (Å²) in [6, 6.07) is -0.103. The van der Waals surface area contributed by atoms with E-state index < -0.39 is 10.2 Å². The van der Waals surface area contributed by atoms with Crippen LogP contribution in [0.25, 0.3) is 0 Å². The fourth-order valence-corrected chi connectivity index (χ4v) is 2.61. The summed E-state index contributed by atoms with van der Waals surface area (Å²) in [5, 5.41) is 0. The van der Waals surface area contributed by atoms with Crippen molar-refractivity contribution in [3.05, 3.63) is 0 Å². The van der Waals surface area contributed by atoms with Gasteiger partial charge in [0.15, 0.2) is 0 Å². The second-order valence-corrected chi connectivity index (χ2v) is 5.46. The van der Waals surface area contributed by atoms with Crippen molar-refractivity contribution in [1.29, 1.82) is 0 Å². The van der Waals surface area contributed by atoms with Gasteiger partial charge >= 0.3 is 0 Å². The maximum absolute atomic E-state index is 11.5. The zero-order chi connectivity index (χ0) is 11.3. The summed E-state index contributed by atoms with van der Waals surface area (Å²) in [7, 11) is -3.43. The Labute approximate surface area is 91.5 Å². The van der Waals surface area contributed by atoms with Crippen molar-refractivity contribution in [3.63, 3.8) is 0 Å². The zero-order valence-electron chi connectivity index (χ0n) is 9.28. The molecule has 0 saturated carbocycles. The molecule has 0 radical (unpaired) electrons. The molecule has 0 spiro atoms. The molecule has 0 aromatic rings. The summed E-state index contributed by atoms with van der Waals surface area (Å²) >= 11 is 0. The van der Waals surface area contributed by atoms with Gasteiger partial charge in [-0.05, 0) is 26.7 Å². The quantitative estimate of drug-likeness (QED) is 0.756. The summed E-state index contributed by atoms with van der Waals surface area (Å²) in [5.74, 6) is 0.584. The molecule has 0 aromatic carbocycles. The van der Waals surface area contributed by atoms with Gasteiger partial charge in [0.05, 0.1) is 0 Å². The van der Waals surface area contributed by atoms with Gasteiger partial charge in [-0.1, -0.05) is 6.42 Å². The number of hydrogen-bond acceptors (Lipinski definition) is 3. The minimum Gasteiger partial charge on any atom is -0.272 e. The topological polar surface area (TPSA) is 70.6 Å². The minimum absolute atomic E-state index is 0.103. The van der Waals surface area contributed by atoms with Gasteiger partial charge in [-0.3, -0.25) is 9.71 Å². The molecule has 0 bridgehead atoms. The first kappa shape index (κ1) is 12.4. The van der Waals surface area contributed by atoms with Crippen LogP contribution in [0.4, 0.5) is 0 Å². The molecule has 0 aromatic heterocycles. The lowest BCUT2D eigenvalue weighted by molar-refractivity contribution is 0.565. The van der Waals surface area contributed by atoms with Crippen LogP contribution in [0.1, 0.15) is 39.5 Å². The number of nitrogens with one attached hydrogen (secondary N) is 2. The first-order valence-corrected chi connectivity index (χ1v) is 6.81. The van der Waals surface area contributed by atoms with Crippen molar-refractivity contribution in [2.45, 2.75) is 45.6 Å². The van der Waals surface area contributed by atoms with Gasteiger partial charge in [-0.25, -0.2) is 0 Å². The van der Waals surface area contributed by atoms with Crippen LogP contribution in [-0.2, 0) is 10.2 Å². The highest BCUT2D eigenvalue weighted by atomic mass is 32.2. The molecule has 2 N–H and O–H groups in total. The summed E-state index contributed by atoms with van der Waals surface area (Å²) in [6.07, 6.45) is 3.89. The van der Waals surface area contributed by atoms with Crippen molar-refractivity contribution < 1.29 is 8.42 Å². The largest absolute Gasteiger partial charge is 0.300 e. The highest BCUT2D eigenvalue weighted by Crippen LogP contribution is 2.06. The summed E-state index contributed by atoms with van der Waals surface area (Å²) in [4.78, 5) is 4.20. The first-order valence-electron chi connectivity index (χ1n) is 5.33. The van der Waals surface area contributed by atoms with Crippen molar-refractivity contribution in [3.8, 4) is 0 Å². The molecule has 1 rings (SSSR count). The smallest absolute Gasteiger partial charge is 0.272 e. The van der Waals surface area contributed by atoms with E-state index in [1.165, 1.54) is 0 Å². The molecule has 1 heterocycles. The van der Waals surface area contributed by atoms with E-state index in [0.717, 1.165) is 32.2 Å². The van der Waals surface area contributed by atoms with E-state index in [2.05, 4.69) is 14.4 Å². The Balaban J connectivity index is 2.55. The van der Waals surface area contributed by atoms with Gasteiger partial charge in [0.1, 0.15) is 5.84 Å². The highest BCUT2D eigenvalue weighted by Gasteiger charge is 2.14. The Kier molecular flexibility index (Phi) is 4.53. The van der Waals surface area contributed by atoms with Gasteiger partial charge in [0.25, 0.3) is 10.2 Å². The Morgan fingerprint density at radius 3 is 2.67 bits per heavy atom. The summed E-state index contributed by atoms with van der Waals surface area (Å²) in [6.45, 7) is 4.29. The highest BCUT2D eigenvalue weighted by molar-refractivity contribution is 7.88. The predicted octanol–water partition coefficient (Wildman–Crippen LogP) is 0.791. The second kappa shape index (κ2) is 5.46. The normalized spacial score (nSPS) is 18.5. The lowest BCUT2D eigenvalue weighted by atomic mass is 10.2. The van der Waals surface area contributed by atoms with E-state index in [1.54, 1.807) is 13.8 Å². The van der Waals surface area contributed by atoms with Gasteiger partial charge in [0.2, 0.25) is 0 Å². The number of rotatable bonds is 3. The van der Waals surface area contributed by atoms with Gasteiger partial charge < -0.3 is 0 Å². The van der Waals surface area contributed by atoms with Crippen LogP contribution in [-0.4, -0.2) is 26.8 Å². The molecule has 0 fully saturated rings. The van der Waals surface area contributed by atoms with Crippen molar-refractivity contribution >= 4 is 16.0 Å². The van der Waals surface area contributed by atoms with Crippen molar-refractivity contribution in [1.82, 2.24) is 9.44 Å². The molecule has 0 saturated heterocycles. The third-order valence-electron chi connectivity index (χ3n) is 2.02. The van der Waals surface area contributed by atoms with E-state index in [1.807, 2.05) is 0 Å². The maximum atomic E-state index is 11.5. The Hall–Kier alpha value is -0.620. The second-order valence-electron chi connectivity index (χ2n) is 4.02. The first-order chi connectivity index (χ1) is 6.99. The lowest BCUT2D eigenvalue weighted by Crippen LogP contribution is -2.43. The van der Waals surface area contributed by atoms with E-state index in [9.17, 15) is 8.42 Å². The average molecular weight is 233 g/mol. The molecule has 6 heteroatoms. The Bertz CT molecular complexity index is 322. The molecule has 15 heavy (non-hydrogen) atoms. The molecule has 88 valence electrons. The third-order valence-corrected chi connectivity index (χ3v) is 3.30. The summed E-state index contributed by atoms with van der Waals surface area (Å²) in [5.41, 5.74) is 0. The molecule has 0 atom stereocenters. The zero-order valence-corrected chi connectivity index (χ0v) is 10.1. The fraction of sp³-hybridized carbons (Fsp3) is 0.889. The fourth-order valence-electron chi connectivity index (χ4n) is 1.45. The lowest BCUT2D eigenvalue weighted by Gasteiger charge is -2.12. The molecule has 0 unspecified atom stereocenters. The molecule has 1 aliphatic rings. The number of nitrogens with zero attached hydrogens (tertiary/aromatic N) is 1. The van der Waals surface area contributed by atoms with Gasteiger partial charge in [-0.15, -0.1) is 0 Å². The van der Waals surface area contributed by atoms with Crippen LogP contribution in [0.15, 0.2) is 4.99 Å². The van der Waals surface area contributed by atoms with E-state index in [-0.39, 0.29) is 6.04 Å². The number of amidine groups is 1. The van der Waals surface area contributed by atoms with Crippen LogP contribution in [0, 0.1) is 0 Å². The number of hydrogen-bond donors (Lipinski definition) is 2. The summed E-state index contributed by atoms with van der Waals surface area (Å²) < 4.78 is 28.0. The molecule has 0 aliphatic carbocycles. The van der Waals surface area contributed by atoms with Crippen LogP contribution < -0.4 is 9.44 Å². The molecule has 1 aliphatic heterocycles. The Morgan fingerprint density at radius 1 is 1.27 bits per heavy atom. The maximum Gasteiger partial charge on any atom is 0.300 e. The van der Waals surface area contributed by atoms with Gasteiger partial charge in [0, 0.05) is 19.0 Å². The average Bonchev–Trinajstić information content (AvgIpc) is 2.29. The third kappa shape index (κ3) is 5.13. The molecule has 5 nitrogen and oxygen atoms in total. The van der Waals surface area contributed by atoms with Crippen molar-refractivity contribution in [2.75, 3.05) is 6.54 Å². The molecular formula is C9H19N3O2S. The van der Waals surface area contributed by atoms with Crippen LogP contribution in [0.5, 0.6) is 0 Å².